The fraction of sp³-hybridized carbons (Fsp3) is 0.400. The molecule has 0 aliphatic rings. The van der Waals surface area contributed by atoms with Gasteiger partial charge in [0.15, 0.2) is 5.82 Å². The van der Waals surface area contributed by atoms with Crippen molar-refractivity contribution in [2.75, 3.05) is 23.7 Å². The van der Waals surface area contributed by atoms with E-state index in [2.05, 4.69) is 4.98 Å². The molecule has 17 heavy (non-hydrogen) atoms. The van der Waals surface area contributed by atoms with E-state index in [4.69, 9.17) is 11.0 Å². The fourth-order valence-electron chi connectivity index (χ4n) is 1.35. The summed E-state index contributed by atoms with van der Waals surface area (Å²) in [7, 11) is 0. The van der Waals surface area contributed by atoms with Crippen molar-refractivity contribution in [1.29, 1.82) is 5.26 Å². The van der Waals surface area contributed by atoms with E-state index in [9.17, 15) is 13.2 Å². The number of anilines is 2. The molecular formula is C10H11F3N4. The molecule has 0 aliphatic heterocycles. The van der Waals surface area contributed by atoms with Crippen LogP contribution in [0.2, 0.25) is 0 Å². The number of rotatable bonds is 3. The maximum Gasteiger partial charge on any atom is 0.405 e. The number of nitrogens with zero attached hydrogens (tertiary/aromatic N) is 3. The Hall–Kier alpha value is -1.97. The van der Waals surface area contributed by atoms with E-state index in [1.807, 2.05) is 6.07 Å². The number of hydrogen-bond acceptors (Lipinski definition) is 4. The number of aromatic nitrogens is 1. The predicted molar refractivity (Wildman–Crippen MR) is 57.3 cm³/mol. The van der Waals surface area contributed by atoms with Gasteiger partial charge in [0.05, 0.1) is 11.3 Å². The molecule has 0 unspecified atom stereocenters. The molecule has 1 heterocycles. The van der Waals surface area contributed by atoms with Crippen molar-refractivity contribution < 1.29 is 13.2 Å². The maximum absolute atomic E-state index is 12.3. The molecule has 0 fully saturated rings. The Bertz CT molecular complexity index is 436. The number of nitrogens with two attached hydrogens (primary N) is 1. The number of pyridine rings is 1. The lowest BCUT2D eigenvalue weighted by atomic mass is 10.2. The minimum atomic E-state index is -4.32. The van der Waals surface area contributed by atoms with Crippen molar-refractivity contribution in [2.24, 2.45) is 0 Å². The van der Waals surface area contributed by atoms with Crippen LogP contribution < -0.4 is 10.6 Å². The van der Waals surface area contributed by atoms with E-state index in [1.165, 1.54) is 12.3 Å². The lowest BCUT2D eigenvalue weighted by Gasteiger charge is -2.24. The zero-order valence-corrected chi connectivity index (χ0v) is 9.12. The first kappa shape index (κ1) is 13.1. The monoisotopic (exact) mass is 244 g/mol. The van der Waals surface area contributed by atoms with Crippen LogP contribution in [0.4, 0.5) is 24.7 Å². The van der Waals surface area contributed by atoms with Gasteiger partial charge in [-0.3, -0.25) is 0 Å². The molecule has 1 aromatic heterocycles. The average Bonchev–Trinajstić information content (AvgIpc) is 2.24. The third-order valence-corrected chi connectivity index (χ3v) is 2.08. The molecule has 0 bridgehead atoms. The smallest absolute Gasteiger partial charge is 0.396 e. The molecule has 0 aromatic carbocycles. The summed E-state index contributed by atoms with van der Waals surface area (Å²) in [5.41, 5.74) is 5.85. The van der Waals surface area contributed by atoms with Gasteiger partial charge in [-0.1, -0.05) is 0 Å². The second-order valence-electron chi connectivity index (χ2n) is 3.38. The predicted octanol–water partition coefficient (Wildman–Crippen LogP) is 1.92. The largest absolute Gasteiger partial charge is 0.405 e. The van der Waals surface area contributed by atoms with Gasteiger partial charge in [-0.2, -0.15) is 18.4 Å². The maximum atomic E-state index is 12.3. The fourth-order valence-corrected chi connectivity index (χ4v) is 1.35. The topological polar surface area (TPSA) is 65.9 Å². The standard InChI is InChI=1S/C10H11F3N4/c1-2-17(6-10(11,12)13)9-8(15)3-7(4-14)5-16-9/h3,5H,2,6,15H2,1H3. The number of hydrogen-bond donors (Lipinski definition) is 1. The highest BCUT2D eigenvalue weighted by Gasteiger charge is 2.31. The van der Waals surface area contributed by atoms with Gasteiger partial charge in [0.2, 0.25) is 0 Å². The van der Waals surface area contributed by atoms with Gasteiger partial charge >= 0.3 is 6.18 Å². The van der Waals surface area contributed by atoms with Crippen LogP contribution in [0.25, 0.3) is 0 Å². The third kappa shape index (κ3) is 3.52. The zero-order chi connectivity index (χ0) is 13.1. The number of halogens is 3. The average molecular weight is 244 g/mol. The van der Waals surface area contributed by atoms with Gasteiger partial charge in [-0.25, -0.2) is 4.98 Å². The molecule has 1 aromatic rings. The third-order valence-electron chi connectivity index (χ3n) is 2.08. The van der Waals surface area contributed by atoms with Gasteiger partial charge in [-0.05, 0) is 13.0 Å². The summed E-state index contributed by atoms with van der Waals surface area (Å²) in [6.45, 7) is 0.584. The van der Waals surface area contributed by atoms with Crippen LogP contribution in [0.5, 0.6) is 0 Å². The summed E-state index contributed by atoms with van der Waals surface area (Å²) in [4.78, 5) is 4.79. The molecule has 0 aliphatic carbocycles. The van der Waals surface area contributed by atoms with Gasteiger partial charge in [-0.15, -0.1) is 0 Å². The molecular weight excluding hydrogens is 233 g/mol. The van der Waals surface area contributed by atoms with Crippen LogP contribution in [0.3, 0.4) is 0 Å². The van der Waals surface area contributed by atoms with Crippen molar-refractivity contribution in [2.45, 2.75) is 13.1 Å². The number of nitriles is 1. The van der Waals surface area contributed by atoms with Crippen LogP contribution in [0.1, 0.15) is 12.5 Å². The summed E-state index contributed by atoms with van der Waals surface area (Å²) >= 11 is 0. The highest BCUT2D eigenvalue weighted by atomic mass is 19.4. The molecule has 0 saturated carbocycles. The molecule has 7 heteroatoms. The first-order valence-corrected chi connectivity index (χ1v) is 4.84. The minimum Gasteiger partial charge on any atom is -0.396 e. The van der Waals surface area contributed by atoms with Crippen LogP contribution in [0.15, 0.2) is 12.3 Å². The summed E-state index contributed by atoms with van der Waals surface area (Å²) in [6, 6.07) is 3.12. The van der Waals surface area contributed by atoms with Crippen molar-refractivity contribution in [3.63, 3.8) is 0 Å². The number of nitrogen functional groups attached to an aromatic ring is 1. The number of alkyl halides is 3. The minimum absolute atomic E-state index is 0.0452. The van der Waals surface area contributed by atoms with Crippen LogP contribution in [0, 0.1) is 11.3 Å². The van der Waals surface area contributed by atoms with E-state index in [0.717, 1.165) is 4.90 Å². The van der Waals surface area contributed by atoms with Crippen molar-refractivity contribution >= 4 is 11.5 Å². The van der Waals surface area contributed by atoms with Crippen molar-refractivity contribution in [1.82, 2.24) is 4.98 Å². The highest BCUT2D eigenvalue weighted by molar-refractivity contribution is 5.64. The Kier molecular flexibility index (Phi) is 3.78. The lowest BCUT2D eigenvalue weighted by molar-refractivity contribution is -0.119. The second kappa shape index (κ2) is 4.91. The van der Waals surface area contributed by atoms with E-state index >= 15 is 0 Å². The quantitative estimate of drug-likeness (QED) is 0.882. The van der Waals surface area contributed by atoms with Crippen LogP contribution in [-0.4, -0.2) is 24.2 Å². The first-order valence-electron chi connectivity index (χ1n) is 4.84. The molecule has 0 atom stereocenters. The van der Waals surface area contributed by atoms with Gasteiger partial charge in [0.25, 0.3) is 0 Å². The lowest BCUT2D eigenvalue weighted by Crippen LogP contribution is -2.35. The van der Waals surface area contributed by atoms with Crippen LogP contribution >= 0.6 is 0 Å². The Balaban J connectivity index is 3.01. The normalized spacial score (nSPS) is 11.0. The molecule has 0 spiro atoms. The summed E-state index contributed by atoms with van der Waals surface area (Å²) in [5, 5.41) is 8.60. The van der Waals surface area contributed by atoms with Crippen LogP contribution in [-0.2, 0) is 0 Å². The molecule has 0 saturated heterocycles. The molecule has 2 N–H and O–H groups in total. The first-order chi connectivity index (χ1) is 7.87. The van der Waals surface area contributed by atoms with Crippen molar-refractivity contribution in [3.8, 4) is 6.07 Å². The van der Waals surface area contributed by atoms with Gasteiger partial charge in [0.1, 0.15) is 12.6 Å². The van der Waals surface area contributed by atoms with E-state index in [-0.39, 0.29) is 23.6 Å². The van der Waals surface area contributed by atoms with Gasteiger partial charge < -0.3 is 10.6 Å². The summed E-state index contributed by atoms with van der Waals surface area (Å²) < 4.78 is 36.9. The summed E-state index contributed by atoms with van der Waals surface area (Å²) in [5.74, 6) is 0.0452. The molecule has 1 rings (SSSR count). The molecule has 0 amide bonds. The highest BCUT2D eigenvalue weighted by Crippen LogP contribution is 2.25. The summed E-state index contributed by atoms with van der Waals surface area (Å²) in [6.07, 6.45) is -3.12. The Morgan fingerprint density at radius 3 is 2.59 bits per heavy atom. The second-order valence-corrected chi connectivity index (χ2v) is 3.38. The van der Waals surface area contributed by atoms with E-state index < -0.39 is 12.7 Å². The molecule has 92 valence electrons. The van der Waals surface area contributed by atoms with Gasteiger partial charge in [0, 0.05) is 12.7 Å². The Morgan fingerprint density at radius 2 is 2.18 bits per heavy atom. The van der Waals surface area contributed by atoms with E-state index in [0.29, 0.717) is 0 Å². The Morgan fingerprint density at radius 1 is 1.53 bits per heavy atom. The zero-order valence-electron chi connectivity index (χ0n) is 9.12. The molecule has 4 nitrogen and oxygen atoms in total. The Labute approximate surface area is 96.5 Å². The van der Waals surface area contributed by atoms with E-state index in [1.54, 1.807) is 6.92 Å². The van der Waals surface area contributed by atoms with Crippen molar-refractivity contribution in [3.05, 3.63) is 17.8 Å². The SMILES string of the molecule is CCN(CC(F)(F)F)c1ncc(C#N)cc1N. The molecule has 0 radical (unpaired) electrons.